The molecule has 1 aromatic heterocycles. The molecule has 6 heteroatoms. The van der Waals surface area contributed by atoms with Gasteiger partial charge >= 0.3 is 0 Å². The van der Waals surface area contributed by atoms with Crippen LogP contribution in [0, 0.1) is 48.3 Å². The Kier molecular flexibility index (Phi) is 13.9. The van der Waals surface area contributed by atoms with Crippen molar-refractivity contribution in [2.24, 2.45) is 16.7 Å². The van der Waals surface area contributed by atoms with E-state index >= 15 is 4.39 Å². The molecule has 0 atom stereocenters. The summed E-state index contributed by atoms with van der Waals surface area (Å²) in [5, 5.41) is 12.8. The van der Waals surface area contributed by atoms with Gasteiger partial charge in [0.05, 0.1) is 0 Å². The molecule has 0 saturated heterocycles. The van der Waals surface area contributed by atoms with Gasteiger partial charge in [0.1, 0.15) is 17.4 Å². The molecular weight excluding hydrogens is 757 g/mol. The number of pyridine rings is 1. The van der Waals surface area contributed by atoms with E-state index in [2.05, 4.69) is 17.1 Å². The molecule has 1 radical (unpaired) electrons. The first-order chi connectivity index (χ1) is 21.1. The minimum atomic E-state index is -0.484. The summed E-state index contributed by atoms with van der Waals surface area (Å²) in [6, 6.07) is 14.4. The topological polar surface area (TPSA) is 50.2 Å². The van der Waals surface area contributed by atoms with Gasteiger partial charge in [-0.25, -0.2) is 8.78 Å². The summed E-state index contributed by atoms with van der Waals surface area (Å²) in [6.07, 6.45) is 6.83. The molecule has 3 aromatic carbocycles. The van der Waals surface area contributed by atoms with Crippen LogP contribution in [0.1, 0.15) is 97.8 Å². The van der Waals surface area contributed by atoms with Crippen LogP contribution < -0.4 is 0 Å². The first-order valence-electron chi connectivity index (χ1n) is 16.3. The van der Waals surface area contributed by atoms with Crippen molar-refractivity contribution in [2.45, 2.75) is 101 Å². The third kappa shape index (κ3) is 8.49. The monoisotopic (exact) mass is 807 g/mol. The van der Waals surface area contributed by atoms with Crippen molar-refractivity contribution in [3.63, 3.8) is 0 Å². The fourth-order valence-corrected chi connectivity index (χ4v) is 5.62. The molecule has 0 unspecified atom stereocenters. The number of carbonyl (C=O) groups excluding carboxylic acids is 1. The summed E-state index contributed by atoms with van der Waals surface area (Å²) in [4.78, 5) is 16.7. The number of benzene rings is 3. The Morgan fingerprint density at radius 2 is 1.48 bits per heavy atom. The number of ketones is 1. The van der Waals surface area contributed by atoms with E-state index in [0.717, 1.165) is 58.8 Å². The number of aliphatic hydroxyl groups excluding tert-OH is 1. The third-order valence-electron chi connectivity index (χ3n) is 9.67. The van der Waals surface area contributed by atoms with Gasteiger partial charge in [0.2, 0.25) is 0 Å². The first-order valence-corrected chi connectivity index (χ1v) is 16.3. The maximum absolute atomic E-state index is 15.1. The minimum absolute atomic E-state index is 0. The third-order valence-corrected chi connectivity index (χ3v) is 9.67. The molecule has 251 valence electrons. The number of rotatable bonds is 10. The molecule has 1 heterocycles. The fraction of sp³-hybridized carbons (Fsp3) is 0.450. The van der Waals surface area contributed by atoms with Crippen LogP contribution in [0.3, 0.4) is 0 Å². The summed E-state index contributed by atoms with van der Waals surface area (Å²) >= 11 is 0. The second kappa shape index (κ2) is 16.2. The second-order valence-electron chi connectivity index (χ2n) is 13.3. The molecule has 46 heavy (non-hydrogen) atoms. The van der Waals surface area contributed by atoms with Gasteiger partial charge in [-0.05, 0) is 72.0 Å². The molecule has 1 N–H and O–H groups in total. The number of aromatic nitrogens is 1. The first kappa shape index (κ1) is 39.2. The van der Waals surface area contributed by atoms with Gasteiger partial charge < -0.3 is 10.1 Å². The number of hydrogen-bond donors (Lipinski definition) is 1. The molecule has 3 nitrogen and oxygen atoms in total. The Morgan fingerprint density at radius 1 is 0.891 bits per heavy atom. The minimum Gasteiger partial charge on any atom is -0.512 e. The van der Waals surface area contributed by atoms with Crippen LogP contribution in [0.15, 0.2) is 54.4 Å². The number of fused-ring (bicyclic) bond motifs is 3. The summed E-state index contributed by atoms with van der Waals surface area (Å²) in [7, 11) is 0. The number of aryl methyl sites for hydroxylation is 2. The number of allylic oxidation sites excluding steroid dienone is 2. The van der Waals surface area contributed by atoms with Crippen LogP contribution in [0.4, 0.5) is 8.78 Å². The van der Waals surface area contributed by atoms with Crippen LogP contribution in [0.5, 0.6) is 0 Å². The fourth-order valence-electron chi connectivity index (χ4n) is 5.62. The standard InChI is InChI=1S/C25H22F2N.C15H28O2.Ir/c1-14(2)9-22-23(26)13-21-18-7-8-28-25(17-11-15(3)10-16(4)12-17)20(18)6-5-19(21)24(22)27;1-7-14(5,8-2)12(16)11-13(17)15(6,9-3)10-4;/h5-8,10-11,13-14H,9H2,1-4H3;11,16H,7-10H2,1-6H3;/q-1;;/b;12-11-;. The molecule has 0 fully saturated rings. The molecule has 4 rings (SSSR count). The van der Waals surface area contributed by atoms with Crippen LogP contribution >= 0.6 is 0 Å². The van der Waals surface area contributed by atoms with E-state index in [0.29, 0.717) is 17.2 Å². The Labute approximate surface area is 288 Å². The molecule has 0 aliphatic heterocycles. The van der Waals surface area contributed by atoms with Gasteiger partial charge in [-0.15, -0.1) is 34.9 Å². The molecular formula is C40H50F2IrNO2-. The maximum atomic E-state index is 15.1. The van der Waals surface area contributed by atoms with Crippen LogP contribution in [0.2, 0.25) is 0 Å². The summed E-state index contributed by atoms with van der Waals surface area (Å²) < 4.78 is 29.8. The number of hydrogen-bond acceptors (Lipinski definition) is 3. The normalized spacial score (nSPS) is 12.2. The SMILES string of the molecule is CCC(C)(CC)C(=O)/C=C(\O)C(C)(CC)CC.Cc1[c-]c(-c2nccc3c2ccc2c(F)c(CC(C)C)c(F)cc23)cc(C)c1.[Ir]. The number of halogens is 2. The van der Waals surface area contributed by atoms with Crippen molar-refractivity contribution < 1.29 is 38.8 Å². The van der Waals surface area contributed by atoms with Gasteiger partial charge in [0.25, 0.3) is 0 Å². The van der Waals surface area contributed by atoms with Crippen LogP contribution in [0.25, 0.3) is 32.8 Å². The maximum Gasteiger partial charge on any atom is 0.164 e. The zero-order valence-corrected chi connectivity index (χ0v) is 31.5. The summed E-state index contributed by atoms with van der Waals surface area (Å²) in [5.41, 5.74) is 3.39. The van der Waals surface area contributed by atoms with E-state index in [9.17, 15) is 14.3 Å². The average molecular weight is 807 g/mol. The zero-order chi connectivity index (χ0) is 33.7. The Morgan fingerprint density at radius 3 is 2.02 bits per heavy atom. The number of aliphatic hydroxyl groups is 1. The van der Waals surface area contributed by atoms with E-state index in [1.165, 1.54) is 12.1 Å². The molecule has 0 amide bonds. The van der Waals surface area contributed by atoms with Crippen molar-refractivity contribution in [2.75, 3.05) is 0 Å². The molecule has 0 bridgehead atoms. The smallest absolute Gasteiger partial charge is 0.164 e. The molecule has 0 aliphatic carbocycles. The quantitative estimate of drug-likeness (QED) is 0.0752. The van der Waals surface area contributed by atoms with Crippen molar-refractivity contribution in [3.05, 3.63) is 88.8 Å². The van der Waals surface area contributed by atoms with Crippen molar-refractivity contribution in [1.29, 1.82) is 0 Å². The number of carbonyl (C=O) groups is 1. The predicted octanol–water partition coefficient (Wildman–Crippen LogP) is 11.6. The van der Waals surface area contributed by atoms with Gasteiger partial charge in [-0.2, -0.15) is 0 Å². The zero-order valence-electron chi connectivity index (χ0n) is 29.1. The van der Waals surface area contributed by atoms with Crippen LogP contribution in [-0.2, 0) is 31.3 Å². The predicted molar refractivity (Wildman–Crippen MR) is 185 cm³/mol. The van der Waals surface area contributed by atoms with Crippen LogP contribution in [-0.4, -0.2) is 15.9 Å². The van der Waals surface area contributed by atoms with Gasteiger partial charge in [0.15, 0.2) is 5.78 Å². The van der Waals surface area contributed by atoms with Gasteiger partial charge in [-0.3, -0.25) is 4.79 Å². The van der Waals surface area contributed by atoms with Gasteiger partial charge in [-0.1, -0.05) is 81.4 Å². The van der Waals surface area contributed by atoms with Crippen molar-refractivity contribution >= 4 is 27.3 Å². The Bertz CT molecular complexity index is 1680. The second-order valence-corrected chi connectivity index (χ2v) is 13.3. The molecule has 0 spiro atoms. The molecule has 0 saturated carbocycles. The van der Waals surface area contributed by atoms with E-state index in [1.54, 1.807) is 12.3 Å². The molecule has 0 aliphatic rings. The van der Waals surface area contributed by atoms with Crippen molar-refractivity contribution in [1.82, 2.24) is 4.98 Å². The number of nitrogens with zero attached hydrogens (tertiary/aromatic N) is 1. The van der Waals surface area contributed by atoms with E-state index < -0.39 is 11.6 Å². The van der Waals surface area contributed by atoms with E-state index in [1.807, 2.05) is 87.4 Å². The molecule has 4 aromatic rings. The average Bonchev–Trinajstić information content (AvgIpc) is 3.01. The van der Waals surface area contributed by atoms with Gasteiger partial charge in [0, 0.05) is 54.2 Å². The van der Waals surface area contributed by atoms with E-state index in [4.69, 9.17) is 0 Å². The largest absolute Gasteiger partial charge is 0.512 e. The van der Waals surface area contributed by atoms with Crippen molar-refractivity contribution in [3.8, 4) is 11.3 Å². The Balaban J connectivity index is 0.000000356. The Hall–Kier alpha value is -2.95. The van der Waals surface area contributed by atoms with E-state index in [-0.39, 0.29) is 54.0 Å². The summed E-state index contributed by atoms with van der Waals surface area (Å²) in [5.74, 6) is -0.476. The summed E-state index contributed by atoms with van der Waals surface area (Å²) in [6.45, 7) is 20.0.